The number of halogens is 3. The summed E-state index contributed by atoms with van der Waals surface area (Å²) in [6.07, 6.45) is 0.522. The summed E-state index contributed by atoms with van der Waals surface area (Å²) in [5.41, 5.74) is 5.65. The summed E-state index contributed by atoms with van der Waals surface area (Å²) in [4.78, 5) is 0. The van der Waals surface area contributed by atoms with Gasteiger partial charge in [0.15, 0.2) is 0 Å². The summed E-state index contributed by atoms with van der Waals surface area (Å²) in [7, 11) is 0. The number of rotatable bonds is 4. The Morgan fingerprint density at radius 2 is 2.05 bits per heavy atom. The molecule has 106 valence electrons. The highest BCUT2D eigenvalue weighted by Gasteiger charge is 2.14. The van der Waals surface area contributed by atoms with Crippen LogP contribution in [0.3, 0.4) is 0 Å². The van der Waals surface area contributed by atoms with Crippen molar-refractivity contribution in [3.8, 4) is 0 Å². The van der Waals surface area contributed by atoms with Crippen LogP contribution >= 0.6 is 27.5 Å². The van der Waals surface area contributed by atoms with Gasteiger partial charge in [-0.3, -0.25) is 11.3 Å². The van der Waals surface area contributed by atoms with Gasteiger partial charge in [0, 0.05) is 9.50 Å². The predicted molar refractivity (Wildman–Crippen MR) is 84.1 cm³/mol. The van der Waals surface area contributed by atoms with Crippen molar-refractivity contribution in [2.24, 2.45) is 5.84 Å². The summed E-state index contributed by atoms with van der Waals surface area (Å²) < 4.78 is 14.3. The Hall–Kier alpha value is -0.940. The monoisotopic (exact) mass is 356 g/mol. The zero-order chi connectivity index (χ0) is 14.7. The van der Waals surface area contributed by atoms with E-state index in [1.165, 1.54) is 12.1 Å². The molecule has 0 saturated carbocycles. The SMILES string of the molecule is Cc1cc(C(Cc2cc(F)ccc2Cl)NN)ccc1Br. The summed E-state index contributed by atoms with van der Waals surface area (Å²) in [5, 5.41) is 0.542. The van der Waals surface area contributed by atoms with Gasteiger partial charge in [-0.25, -0.2) is 4.39 Å². The summed E-state index contributed by atoms with van der Waals surface area (Å²) in [6.45, 7) is 2.01. The van der Waals surface area contributed by atoms with Crippen molar-refractivity contribution in [3.63, 3.8) is 0 Å². The van der Waals surface area contributed by atoms with Gasteiger partial charge in [-0.15, -0.1) is 0 Å². The Bertz CT molecular complexity index is 619. The van der Waals surface area contributed by atoms with Crippen LogP contribution in [0.25, 0.3) is 0 Å². The number of nitrogens with one attached hydrogen (secondary N) is 1. The first-order valence-electron chi connectivity index (χ1n) is 6.17. The lowest BCUT2D eigenvalue weighted by molar-refractivity contribution is 0.548. The molecule has 2 aromatic rings. The van der Waals surface area contributed by atoms with Crippen LogP contribution in [-0.4, -0.2) is 0 Å². The zero-order valence-corrected chi connectivity index (χ0v) is 13.3. The quantitative estimate of drug-likeness (QED) is 0.632. The molecule has 0 saturated heterocycles. The van der Waals surface area contributed by atoms with E-state index in [1.54, 1.807) is 6.07 Å². The van der Waals surface area contributed by atoms with Crippen LogP contribution in [0.4, 0.5) is 4.39 Å². The van der Waals surface area contributed by atoms with Crippen molar-refractivity contribution in [2.75, 3.05) is 0 Å². The van der Waals surface area contributed by atoms with E-state index in [9.17, 15) is 4.39 Å². The lowest BCUT2D eigenvalue weighted by Gasteiger charge is -2.18. The molecule has 0 aliphatic heterocycles. The number of hydrogen-bond acceptors (Lipinski definition) is 2. The minimum atomic E-state index is -0.299. The van der Waals surface area contributed by atoms with Crippen molar-refractivity contribution in [1.82, 2.24) is 5.43 Å². The van der Waals surface area contributed by atoms with Crippen molar-refractivity contribution in [1.29, 1.82) is 0 Å². The van der Waals surface area contributed by atoms with E-state index in [0.29, 0.717) is 11.4 Å². The van der Waals surface area contributed by atoms with Gasteiger partial charge in [-0.05, 0) is 54.3 Å². The first-order chi connectivity index (χ1) is 9.51. The topological polar surface area (TPSA) is 38.0 Å². The third kappa shape index (κ3) is 3.58. The fourth-order valence-corrected chi connectivity index (χ4v) is 2.52. The molecule has 2 aromatic carbocycles. The van der Waals surface area contributed by atoms with Crippen LogP contribution in [0.1, 0.15) is 22.7 Å². The molecule has 20 heavy (non-hydrogen) atoms. The van der Waals surface area contributed by atoms with Gasteiger partial charge in [-0.1, -0.05) is 39.7 Å². The van der Waals surface area contributed by atoms with E-state index < -0.39 is 0 Å². The van der Waals surface area contributed by atoms with E-state index in [4.69, 9.17) is 17.4 Å². The fourth-order valence-electron chi connectivity index (χ4n) is 2.08. The van der Waals surface area contributed by atoms with Gasteiger partial charge >= 0.3 is 0 Å². The number of nitrogens with two attached hydrogens (primary N) is 1. The Labute approximate surface area is 131 Å². The molecule has 2 nitrogen and oxygen atoms in total. The molecule has 1 unspecified atom stereocenters. The van der Waals surface area contributed by atoms with Gasteiger partial charge in [0.1, 0.15) is 5.82 Å². The highest BCUT2D eigenvalue weighted by molar-refractivity contribution is 9.10. The number of aryl methyl sites for hydroxylation is 1. The van der Waals surface area contributed by atoms with Crippen LogP contribution < -0.4 is 11.3 Å². The average Bonchev–Trinajstić information content (AvgIpc) is 2.43. The average molecular weight is 358 g/mol. The molecule has 0 amide bonds. The Kier molecular flexibility index (Phi) is 5.16. The van der Waals surface area contributed by atoms with Crippen LogP contribution in [0.2, 0.25) is 5.02 Å². The molecule has 0 aliphatic carbocycles. The third-order valence-corrected chi connectivity index (χ3v) is 4.48. The zero-order valence-electron chi connectivity index (χ0n) is 11.0. The summed E-state index contributed by atoms with van der Waals surface area (Å²) in [5.74, 6) is 5.33. The standard InChI is InChI=1S/C15H15BrClFN2/c1-9-6-10(2-4-13(9)16)15(20-19)8-11-7-12(18)3-5-14(11)17/h2-7,15,20H,8,19H2,1H3. The molecule has 3 N–H and O–H groups in total. The molecular weight excluding hydrogens is 343 g/mol. The minimum absolute atomic E-state index is 0.124. The molecular formula is C15H15BrClFN2. The lowest BCUT2D eigenvalue weighted by atomic mass is 9.98. The van der Waals surface area contributed by atoms with Gasteiger partial charge in [0.05, 0.1) is 6.04 Å². The van der Waals surface area contributed by atoms with E-state index in [-0.39, 0.29) is 11.9 Å². The maximum absolute atomic E-state index is 13.3. The van der Waals surface area contributed by atoms with Gasteiger partial charge < -0.3 is 0 Å². The van der Waals surface area contributed by atoms with Crippen LogP contribution in [0.15, 0.2) is 40.9 Å². The second-order valence-electron chi connectivity index (χ2n) is 4.67. The first-order valence-corrected chi connectivity index (χ1v) is 7.34. The van der Waals surface area contributed by atoms with Crippen molar-refractivity contribution in [3.05, 3.63) is 68.4 Å². The van der Waals surface area contributed by atoms with E-state index in [0.717, 1.165) is 21.2 Å². The molecule has 0 aromatic heterocycles. The van der Waals surface area contributed by atoms with Crippen molar-refractivity contribution >= 4 is 27.5 Å². The Morgan fingerprint density at radius 3 is 2.70 bits per heavy atom. The molecule has 0 heterocycles. The maximum atomic E-state index is 13.3. The normalized spacial score (nSPS) is 12.4. The summed E-state index contributed by atoms with van der Waals surface area (Å²) >= 11 is 9.56. The van der Waals surface area contributed by atoms with Gasteiger partial charge in [-0.2, -0.15) is 0 Å². The maximum Gasteiger partial charge on any atom is 0.123 e. The molecule has 5 heteroatoms. The van der Waals surface area contributed by atoms with Crippen LogP contribution in [0.5, 0.6) is 0 Å². The van der Waals surface area contributed by atoms with E-state index in [2.05, 4.69) is 21.4 Å². The molecule has 0 spiro atoms. The lowest BCUT2D eigenvalue weighted by Crippen LogP contribution is -2.29. The number of hydrazine groups is 1. The van der Waals surface area contributed by atoms with Gasteiger partial charge in [0.2, 0.25) is 0 Å². The Morgan fingerprint density at radius 1 is 1.30 bits per heavy atom. The molecule has 0 radical (unpaired) electrons. The van der Waals surface area contributed by atoms with Crippen LogP contribution in [-0.2, 0) is 6.42 Å². The van der Waals surface area contributed by atoms with Crippen molar-refractivity contribution in [2.45, 2.75) is 19.4 Å². The van der Waals surface area contributed by atoms with Gasteiger partial charge in [0.25, 0.3) is 0 Å². The predicted octanol–water partition coefficient (Wildman–Crippen LogP) is 4.30. The molecule has 0 aliphatic rings. The number of benzene rings is 2. The largest absolute Gasteiger partial charge is 0.271 e. The molecule has 0 fully saturated rings. The third-order valence-electron chi connectivity index (χ3n) is 3.22. The second-order valence-corrected chi connectivity index (χ2v) is 5.93. The highest BCUT2D eigenvalue weighted by atomic mass is 79.9. The first kappa shape index (κ1) is 15.4. The molecule has 1 atom stereocenters. The van der Waals surface area contributed by atoms with E-state index >= 15 is 0 Å². The highest BCUT2D eigenvalue weighted by Crippen LogP contribution is 2.26. The molecule has 2 rings (SSSR count). The fraction of sp³-hybridized carbons (Fsp3) is 0.200. The Balaban J connectivity index is 2.28. The summed E-state index contributed by atoms with van der Waals surface area (Å²) in [6, 6.07) is 10.2. The second kappa shape index (κ2) is 6.68. The van der Waals surface area contributed by atoms with Crippen LogP contribution in [0, 0.1) is 12.7 Å². The van der Waals surface area contributed by atoms with Crippen molar-refractivity contribution < 1.29 is 4.39 Å². The minimum Gasteiger partial charge on any atom is -0.271 e. The van der Waals surface area contributed by atoms with E-state index in [1.807, 2.05) is 25.1 Å². The molecule has 0 bridgehead atoms. The smallest absolute Gasteiger partial charge is 0.123 e. The number of hydrogen-bond donors (Lipinski definition) is 2.